The van der Waals surface area contributed by atoms with E-state index < -0.39 is 6.10 Å². The Balaban J connectivity index is 2.55. The lowest BCUT2D eigenvalue weighted by Gasteiger charge is -2.21. The molecule has 2 aromatic rings. The Labute approximate surface area is 113 Å². The molecule has 19 heavy (non-hydrogen) atoms. The number of carbonyl (C=O) groups excluding carboxylic acids is 1. The van der Waals surface area contributed by atoms with E-state index in [1.165, 1.54) is 6.92 Å². The van der Waals surface area contributed by atoms with Gasteiger partial charge >= 0.3 is 0 Å². The fourth-order valence-corrected chi connectivity index (χ4v) is 2.46. The summed E-state index contributed by atoms with van der Waals surface area (Å²) in [6.45, 7) is 5.15. The average molecular weight is 254 g/mol. The average Bonchev–Trinajstić information content (AvgIpc) is 2.43. The van der Waals surface area contributed by atoms with E-state index in [2.05, 4.69) is 6.58 Å². The lowest BCUT2D eigenvalue weighted by Crippen LogP contribution is -2.25. The number of hydrogen-bond acceptors (Lipinski definition) is 2. The highest BCUT2D eigenvalue weighted by Gasteiger charge is 2.24. The third-order valence-corrected chi connectivity index (χ3v) is 3.44. The minimum atomic E-state index is -0.983. The highest BCUT2D eigenvalue weighted by atomic mass is 16.3. The van der Waals surface area contributed by atoms with Crippen LogP contribution in [-0.4, -0.2) is 17.0 Å². The Morgan fingerprint density at radius 3 is 2.63 bits per heavy atom. The molecule has 98 valence electrons. The van der Waals surface area contributed by atoms with Gasteiger partial charge in [-0.05, 0) is 29.7 Å². The van der Waals surface area contributed by atoms with Crippen LogP contribution in [0.2, 0.25) is 0 Å². The largest absolute Gasteiger partial charge is 0.385 e. The van der Waals surface area contributed by atoms with Gasteiger partial charge in [-0.1, -0.05) is 48.5 Å². The van der Waals surface area contributed by atoms with Crippen LogP contribution < -0.4 is 0 Å². The zero-order valence-electron chi connectivity index (χ0n) is 11.0. The van der Waals surface area contributed by atoms with E-state index in [1.807, 2.05) is 42.5 Å². The molecular formula is C17H18O2. The molecule has 2 heteroatoms. The lowest BCUT2D eigenvalue weighted by molar-refractivity contribution is -0.125. The Hall–Kier alpha value is -1.93. The van der Waals surface area contributed by atoms with Gasteiger partial charge in [-0.25, -0.2) is 0 Å². The third-order valence-electron chi connectivity index (χ3n) is 3.44. The number of carbonyl (C=O) groups is 1. The van der Waals surface area contributed by atoms with Crippen molar-refractivity contribution in [2.24, 2.45) is 0 Å². The number of aliphatic hydroxyl groups is 1. The summed E-state index contributed by atoms with van der Waals surface area (Å²) >= 11 is 0. The summed E-state index contributed by atoms with van der Waals surface area (Å²) in [6, 6.07) is 14.0. The van der Waals surface area contributed by atoms with Crippen LogP contribution in [-0.2, 0) is 4.79 Å². The zero-order chi connectivity index (χ0) is 13.8. The number of hydrogen-bond donors (Lipinski definition) is 1. The van der Waals surface area contributed by atoms with E-state index in [-0.39, 0.29) is 11.7 Å². The van der Waals surface area contributed by atoms with Crippen LogP contribution >= 0.6 is 0 Å². The van der Waals surface area contributed by atoms with Crippen LogP contribution in [0.3, 0.4) is 0 Å². The predicted octanol–water partition coefficient (Wildman–Crippen LogP) is 3.45. The van der Waals surface area contributed by atoms with Crippen LogP contribution in [0.25, 0.3) is 10.8 Å². The zero-order valence-corrected chi connectivity index (χ0v) is 11.0. The van der Waals surface area contributed by atoms with E-state index in [0.717, 1.165) is 16.3 Å². The van der Waals surface area contributed by atoms with Gasteiger partial charge in [0.15, 0.2) is 5.78 Å². The molecule has 0 fully saturated rings. The molecule has 0 aliphatic heterocycles. The Morgan fingerprint density at radius 2 is 1.95 bits per heavy atom. The molecule has 2 atom stereocenters. The number of aliphatic hydroxyl groups excluding tert-OH is 1. The van der Waals surface area contributed by atoms with Crippen molar-refractivity contribution in [3.63, 3.8) is 0 Å². The van der Waals surface area contributed by atoms with Gasteiger partial charge in [0.05, 0.1) is 0 Å². The van der Waals surface area contributed by atoms with Crippen LogP contribution in [0.5, 0.6) is 0 Å². The molecule has 0 radical (unpaired) electrons. The topological polar surface area (TPSA) is 37.3 Å². The minimum absolute atomic E-state index is 0.209. The Kier molecular flexibility index (Phi) is 4.13. The third kappa shape index (κ3) is 2.74. The van der Waals surface area contributed by atoms with Crippen LogP contribution in [0.15, 0.2) is 55.1 Å². The van der Waals surface area contributed by atoms with Gasteiger partial charge < -0.3 is 5.11 Å². The van der Waals surface area contributed by atoms with Crippen molar-refractivity contribution in [1.29, 1.82) is 0 Å². The molecule has 0 aliphatic carbocycles. The van der Waals surface area contributed by atoms with Crippen LogP contribution in [0.1, 0.15) is 24.8 Å². The van der Waals surface area contributed by atoms with Crippen LogP contribution in [0, 0.1) is 0 Å². The maximum absolute atomic E-state index is 11.5. The molecule has 0 bridgehead atoms. The van der Waals surface area contributed by atoms with Crippen LogP contribution in [0.4, 0.5) is 0 Å². The van der Waals surface area contributed by atoms with Crippen molar-refractivity contribution in [3.8, 4) is 0 Å². The molecule has 0 aromatic heterocycles. The number of ketones is 1. The van der Waals surface area contributed by atoms with Crippen molar-refractivity contribution in [2.45, 2.75) is 25.4 Å². The lowest BCUT2D eigenvalue weighted by atomic mass is 9.85. The summed E-state index contributed by atoms with van der Waals surface area (Å²) in [5, 5.41) is 12.3. The van der Waals surface area contributed by atoms with Crippen molar-refractivity contribution < 1.29 is 9.90 Å². The fraction of sp³-hybridized carbons (Fsp3) is 0.235. The number of fused-ring (bicyclic) bond motifs is 1. The number of benzene rings is 2. The van der Waals surface area contributed by atoms with Crippen molar-refractivity contribution in [1.82, 2.24) is 0 Å². The van der Waals surface area contributed by atoms with E-state index in [9.17, 15) is 9.90 Å². The molecule has 0 saturated heterocycles. The molecular weight excluding hydrogens is 236 g/mol. The standard InChI is InChI=1S/C17H18O2/c1-3-7-16(17(19)12(2)18)15-11-6-9-13-8-4-5-10-14(13)15/h3-6,8-11,16-17,19H,1,7H2,2H3. The van der Waals surface area contributed by atoms with Crippen molar-refractivity contribution in [3.05, 3.63) is 60.7 Å². The maximum Gasteiger partial charge on any atom is 0.158 e. The fourth-order valence-electron chi connectivity index (χ4n) is 2.46. The highest BCUT2D eigenvalue weighted by Crippen LogP contribution is 2.31. The summed E-state index contributed by atoms with van der Waals surface area (Å²) < 4.78 is 0. The van der Waals surface area contributed by atoms with E-state index in [0.29, 0.717) is 6.42 Å². The van der Waals surface area contributed by atoms with Crippen molar-refractivity contribution >= 4 is 16.6 Å². The molecule has 0 amide bonds. The first-order chi connectivity index (χ1) is 9.15. The molecule has 0 saturated carbocycles. The van der Waals surface area contributed by atoms with Gasteiger partial charge in [-0.2, -0.15) is 0 Å². The molecule has 2 aromatic carbocycles. The van der Waals surface area contributed by atoms with Gasteiger partial charge in [0.1, 0.15) is 6.10 Å². The minimum Gasteiger partial charge on any atom is -0.385 e. The van der Waals surface area contributed by atoms with Gasteiger partial charge in [0.2, 0.25) is 0 Å². The summed E-state index contributed by atoms with van der Waals surface area (Å²) in [6.07, 6.45) is 1.34. The van der Waals surface area contributed by atoms with Crippen molar-refractivity contribution in [2.75, 3.05) is 0 Å². The molecule has 2 rings (SSSR count). The summed E-state index contributed by atoms with van der Waals surface area (Å²) in [5.41, 5.74) is 1.00. The van der Waals surface area contributed by atoms with E-state index in [4.69, 9.17) is 0 Å². The second-order valence-electron chi connectivity index (χ2n) is 4.75. The quantitative estimate of drug-likeness (QED) is 0.830. The molecule has 2 unspecified atom stereocenters. The Bertz CT molecular complexity index is 596. The second-order valence-corrected chi connectivity index (χ2v) is 4.75. The molecule has 0 spiro atoms. The highest BCUT2D eigenvalue weighted by molar-refractivity contribution is 5.88. The predicted molar refractivity (Wildman–Crippen MR) is 78.2 cm³/mol. The summed E-state index contributed by atoms with van der Waals surface area (Å²) in [5.74, 6) is -0.444. The maximum atomic E-state index is 11.5. The molecule has 0 aliphatic rings. The first kappa shape index (κ1) is 13.5. The first-order valence-electron chi connectivity index (χ1n) is 6.42. The number of rotatable bonds is 5. The SMILES string of the molecule is C=CCC(c1cccc2ccccc12)C(O)C(C)=O. The molecule has 2 nitrogen and oxygen atoms in total. The van der Waals surface area contributed by atoms with E-state index >= 15 is 0 Å². The first-order valence-corrected chi connectivity index (χ1v) is 6.42. The second kappa shape index (κ2) is 5.81. The number of allylic oxidation sites excluding steroid dienone is 1. The van der Waals surface area contributed by atoms with Gasteiger partial charge in [0, 0.05) is 5.92 Å². The van der Waals surface area contributed by atoms with Gasteiger partial charge in [-0.3, -0.25) is 4.79 Å². The normalized spacial score (nSPS) is 14.0. The Morgan fingerprint density at radius 1 is 1.26 bits per heavy atom. The van der Waals surface area contributed by atoms with Gasteiger partial charge in [-0.15, -0.1) is 6.58 Å². The smallest absolute Gasteiger partial charge is 0.158 e. The molecule has 0 heterocycles. The molecule has 1 N–H and O–H groups in total. The monoisotopic (exact) mass is 254 g/mol. The number of Topliss-reactive ketones (excluding diaryl/α,β-unsaturated/α-hetero) is 1. The van der Waals surface area contributed by atoms with E-state index in [1.54, 1.807) is 6.08 Å². The summed E-state index contributed by atoms with van der Waals surface area (Å²) in [7, 11) is 0. The summed E-state index contributed by atoms with van der Waals surface area (Å²) in [4.78, 5) is 11.5. The van der Waals surface area contributed by atoms with Gasteiger partial charge in [0.25, 0.3) is 0 Å².